The summed E-state index contributed by atoms with van der Waals surface area (Å²) in [5.74, 6) is -0.783. The summed E-state index contributed by atoms with van der Waals surface area (Å²) in [5, 5.41) is 110. The lowest BCUT2D eigenvalue weighted by Gasteiger charge is -2.43. The van der Waals surface area contributed by atoms with Gasteiger partial charge in [0.1, 0.15) is 67.1 Å². The lowest BCUT2D eigenvalue weighted by molar-refractivity contribution is -0.294. The van der Waals surface area contributed by atoms with Gasteiger partial charge >= 0.3 is 15.6 Å². The minimum absolute atomic E-state index is 0.783. The van der Waals surface area contributed by atoms with Gasteiger partial charge in [-0.25, -0.2) is 9.13 Å². The fourth-order valence-electron chi connectivity index (χ4n) is 3.68. The highest BCUT2D eigenvalue weighted by atomic mass is 31.2. The van der Waals surface area contributed by atoms with Crippen LogP contribution in [0.4, 0.5) is 0 Å². The Morgan fingerprint density at radius 2 is 1.23 bits per heavy atom. The molecule has 2 unspecified atom stereocenters. The zero-order valence-electron chi connectivity index (χ0n) is 25.1. The summed E-state index contributed by atoms with van der Waals surface area (Å²) in [4.78, 5) is 31.6. The molecule has 0 bridgehead atoms. The molecule has 15 atom stereocenters. The quantitative estimate of drug-likeness (QED) is 0.0459. The molecule has 0 saturated carbocycles. The number of carbonyl (C=O) groups is 1. The minimum atomic E-state index is -5.17. The lowest BCUT2D eigenvalue weighted by Crippen LogP contribution is -2.65. The molecule has 0 aromatic heterocycles. The second-order valence-electron chi connectivity index (χ2n) is 10.4. The van der Waals surface area contributed by atoms with E-state index >= 15 is 0 Å². The van der Waals surface area contributed by atoms with Crippen molar-refractivity contribution in [1.29, 1.82) is 0 Å². The monoisotopic (exact) mass is 737 g/mol. The second kappa shape index (κ2) is 20.1. The van der Waals surface area contributed by atoms with E-state index in [2.05, 4.69) is 18.9 Å². The van der Waals surface area contributed by atoms with Crippen LogP contribution >= 0.6 is 15.6 Å². The Bertz CT molecular complexity index is 1030. The molecule has 23 nitrogen and oxygen atoms in total. The zero-order chi connectivity index (χ0) is 36.3. The van der Waals surface area contributed by atoms with Crippen LogP contribution in [-0.2, 0) is 41.5 Å². The van der Waals surface area contributed by atoms with Crippen molar-refractivity contribution in [2.45, 2.75) is 93.3 Å². The van der Waals surface area contributed by atoms with Crippen LogP contribution in [0.15, 0.2) is 0 Å². The Morgan fingerprint density at radius 3 is 1.68 bits per heavy atom. The highest BCUT2D eigenvalue weighted by Crippen LogP contribution is 2.45. The van der Waals surface area contributed by atoms with Gasteiger partial charge in [-0.3, -0.25) is 22.9 Å². The summed E-state index contributed by atoms with van der Waals surface area (Å²) in [6.07, 6.45) is -22.5. The molecule has 1 rings (SSSR count). The van der Waals surface area contributed by atoms with Crippen molar-refractivity contribution in [2.24, 2.45) is 0 Å². The maximum Gasteiger partial charge on any atom is 0.472 e. The van der Waals surface area contributed by atoms with Crippen molar-refractivity contribution in [3.8, 4) is 0 Å². The molecule has 0 spiro atoms. The predicted molar refractivity (Wildman–Crippen MR) is 149 cm³/mol. The number of phosphoric ester groups is 2. The third kappa shape index (κ3) is 14.9. The number of aliphatic hydroxyl groups is 11. The van der Waals surface area contributed by atoms with Crippen molar-refractivity contribution < 1.29 is 107 Å². The summed E-state index contributed by atoms with van der Waals surface area (Å²) < 4.78 is 53.7. The average Bonchev–Trinajstić information content (AvgIpc) is 3.01. The summed E-state index contributed by atoms with van der Waals surface area (Å²) in [5.41, 5.74) is 0. The minimum Gasteiger partial charge on any atom is -0.394 e. The molecular weight excluding hydrogens is 692 g/mol. The third-order valence-electron chi connectivity index (χ3n) is 6.49. The second-order valence-corrected chi connectivity index (χ2v) is 13.3. The number of nitrogens with one attached hydrogen (secondary N) is 1. The van der Waals surface area contributed by atoms with Gasteiger partial charge in [-0.1, -0.05) is 0 Å². The first-order valence-electron chi connectivity index (χ1n) is 13.8. The molecule has 1 aliphatic heterocycles. The van der Waals surface area contributed by atoms with Crippen molar-refractivity contribution in [1.82, 2.24) is 5.32 Å². The van der Waals surface area contributed by atoms with Crippen LogP contribution in [0.5, 0.6) is 0 Å². The molecule has 47 heavy (non-hydrogen) atoms. The summed E-state index contributed by atoms with van der Waals surface area (Å²) in [7, 11) is -10.3. The molecule has 0 aliphatic carbocycles. The Kier molecular flexibility index (Phi) is 18.9. The number of hydrogen-bond donors (Lipinski definition) is 14. The van der Waals surface area contributed by atoms with Crippen LogP contribution in [-0.4, -0.2) is 191 Å². The Hall–Kier alpha value is -0.830. The smallest absolute Gasteiger partial charge is 0.394 e. The van der Waals surface area contributed by atoms with E-state index in [0.717, 1.165) is 13.8 Å². The Balaban J connectivity index is 3.14. The standard InChI is InChI=1S/C22H45NO22P2/c1-9(26)12(29)5-40-47(38,39)43-8-16(45-22-17(23-10(2)27)21(35)20(34)15(4-25)44-22)19(33)14(31)7-42-46(36,37)41-6-13(30)18(32)11(28)3-24/h9,11-22,24-26,28-35H,3-8H2,1-2H3,(H,23,27)(H,36,37)(H,38,39)/t9-,11+,12+,13-,14+,15-,16-,17-,18+,19+,20-,21-,22+/m1/s1. The van der Waals surface area contributed by atoms with Gasteiger partial charge in [0, 0.05) is 6.92 Å². The Labute approximate surface area is 267 Å². The van der Waals surface area contributed by atoms with Gasteiger partial charge in [-0.15, -0.1) is 0 Å². The van der Waals surface area contributed by atoms with E-state index in [0.29, 0.717) is 0 Å². The zero-order valence-corrected chi connectivity index (χ0v) is 26.9. The van der Waals surface area contributed by atoms with Crippen molar-refractivity contribution in [3.05, 3.63) is 0 Å². The molecule has 14 N–H and O–H groups in total. The SMILES string of the molecule is CC(=O)N[C@H]1[C@H](O[C@H](COP(=O)(O)OC[C@H](O)[C@@H](C)O)[C@@H](O)[C@@H](O)COP(=O)(O)OC[C@@H](O)[C@@H](O)[C@@H](O)CO)O[C@H](CO)[C@@H](O)[C@@H]1O. The predicted octanol–water partition coefficient (Wildman–Crippen LogP) is -6.88. The van der Waals surface area contributed by atoms with E-state index in [4.69, 9.17) is 19.1 Å². The molecule has 280 valence electrons. The molecule has 1 heterocycles. The number of phosphoric acid groups is 2. The Morgan fingerprint density at radius 1 is 0.766 bits per heavy atom. The molecule has 1 amide bonds. The van der Waals surface area contributed by atoms with Crippen LogP contribution < -0.4 is 5.32 Å². The largest absolute Gasteiger partial charge is 0.472 e. The highest BCUT2D eigenvalue weighted by molar-refractivity contribution is 7.47. The van der Waals surface area contributed by atoms with Crippen LogP contribution in [0.2, 0.25) is 0 Å². The number of ether oxygens (including phenoxy) is 2. The van der Waals surface area contributed by atoms with Gasteiger partial charge in [0.25, 0.3) is 0 Å². The van der Waals surface area contributed by atoms with E-state index in [9.17, 15) is 74.8 Å². The fourth-order valence-corrected chi connectivity index (χ4v) is 5.19. The topological polar surface area (TPSA) is 382 Å². The first kappa shape index (κ1) is 44.2. The fraction of sp³-hybridized carbons (Fsp3) is 0.955. The first-order valence-corrected chi connectivity index (χ1v) is 16.8. The van der Waals surface area contributed by atoms with Crippen molar-refractivity contribution in [2.75, 3.05) is 39.6 Å². The van der Waals surface area contributed by atoms with Gasteiger partial charge in [-0.05, 0) is 6.92 Å². The summed E-state index contributed by atoms with van der Waals surface area (Å²) in [6.45, 7) is -4.21. The van der Waals surface area contributed by atoms with Gasteiger partial charge in [-0.2, -0.15) is 0 Å². The van der Waals surface area contributed by atoms with E-state index < -0.39 is 141 Å². The molecule has 1 saturated heterocycles. The van der Waals surface area contributed by atoms with E-state index in [1.807, 2.05) is 0 Å². The number of aliphatic hydroxyl groups excluding tert-OH is 11. The van der Waals surface area contributed by atoms with E-state index in [1.165, 1.54) is 0 Å². The summed E-state index contributed by atoms with van der Waals surface area (Å²) in [6, 6.07) is -1.62. The maximum atomic E-state index is 12.4. The van der Waals surface area contributed by atoms with E-state index in [-0.39, 0.29) is 0 Å². The molecule has 1 aliphatic rings. The van der Waals surface area contributed by atoms with Crippen LogP contribution in [0.25, 0.3) is 0 Å². The average molecular weight is 738 g/mol. The molecular formula is C22H45NO22P2. The van der Waals surface area contributed by atoms with Gasteiger partial charge < -0.3 is 80.7 Å². The number of rotatable bonds is 22. The number of hydrogen-bond acceptors (Lipinski definition) is 20. The molecule has 0 aromatic rings. The highest BCUT2D eigenvalue weighted by Gasteiger charge is 2.47. The normalized spacial score (nSPS) is 29.7. The molecule has 1 fully saturated rings. The lowest BCUT2D eigenvalue weighted by atomic mass is 9.96. The maximum absolute atomic E-state index is 12.4. The van der Waals surface area contributed by atoms with Gasteiger partial charge in [0.15, 0.2) is 6.29 Å². The molecule has 0 radical (unpaired) electrons. The number of amides is 1. The third-order valence-corrected chi connectivity index (χ3v) is 8.40. The van der Waals surface area contributed by atoms with Gasteiger partial charge in [0.05, 0.1) is 45.7 Å². The van der Waals surface area contributed by atoms with Crippen LogP contribution in [0.1, 0.15) is 13.8 Å². The molecule has 25 heteroatoms. The number of carbonyl (C=O) groups excluding carboxylic acids is 1. The van der Waals surface area contributed by atoms with Crippen LogP contribution in [0, 0.1) is 0 Å². The van der Waals surface area contributed by atoms with Crippen molar-refractivity contribution >= 4 is 21.6 Å². The van der Waals surface area contributed by atoms with Crippen molar-refractivity contribution in [3.63, 3.8) is 0 Å². The van der Waals surface area contributed by atoms with Gasteiger partial charge in [0.2, 0.25) is 5.91 Å². The van der Waals surface area contributed by atoms with E-state index in [1.54, 1.807) is 0 Å². The summed E-state index contributed by atoms with van der Waals surface area (Å²) >= 11 is 0. The van der Waals surface area contributed by atoms with Crippen LogP contribution in [0.3, 0.4) is 0 Å². The molecule has 0 aromatic carbocycles. The first-order chi connectivity index (χ1) is 21.7.